The van der Waals surface area contributed by atoms with Crippen molar-refractivity contribution in [2.24, 2.45) is 4.99 Å². The van der Waals surface area contributed by atoms with Gasteiger partial charge < -0.3 is 30.6 Å². The first-order chi connectivity index (χ1) is 19.3. The van der Waals surface area contributed by atoms with Gasteiger partial charge in [-0.3, -0.25) is 9.59 Å². The van der Waals surface area contributed by atoms with Crippen LogP contribution in [0.5, 0.6) is 0 Å². The molecule has 1 saturated heterocycles. The number of aliphatic imine (C=N–C) groups is 1. The lowest BCUT2D eigenvalue weighted by Crippen LogP contribution is -2.50. The van der Waals surface area contributed by atoms with E-state index in [0.717, 1.165) is 38.2 Å². The van der Waals surface area contributed by atoms with Gasteiger partial charge in [0.2, 0.25) is 11.8 Å². The molecule has 0 radical (unpaired) electrons. The normalized spacial score (nSPS) is 19.1. The molecule has 214 valence electrons. The van der Waals surface area contributed by atoms with Crippen LogP contribution in [0.2, 0.25) is 0 Å². The maximum atomic E-state index is 14.7. The second-order valence-electron chi connectivity index (χ2n) is 9.74. The number of amides is 2. The molecule has 4 rings (SSSR count). The van der Waals surface area contributed by atoms with Gasteiger partial charge in [-0.05, 0) is 43.3 Å². The van der Waals surface area contributed by atoms with E-state index in [1.54, 1.807) is 36.5 Å². The van der Waals surface area contributed by atoms with Gasteiger partial charge in [0.05, 0.1) is 17.1 Å². The highest BCUT2D eigenvalue weighted by Gasteiger charge is 2.24. The fourth-order valence-electron chi connectivity index (χ4n) is 4.31. The topological polar surface area (TPSA) is 123 Å². The largest absolute Gasteiger partial charge is 0.357 e. The molecule has 11 nitrogen and oxygen atoms in total. The summed E-state index contributed by atoms with van der Waals surface area (Å²) >= 11 is 0. The van der Waals surface area contributed by atoms with Crippen molar-refractivity contribution in [3.8, 4) is 0 Å². The van der Waals surface area contributed by atoms with Crippen molar-refractivity contribution in [1.29, 1.82) is 0 Å². The first kappa shape index (κ1) is 29.3. The molecule has 0 bridgehead atoms. The highest BCUT2D eigenvalue weighted by Crippen LogP contribution is 2.23. The number of hydrazine groups is 1. The van der Waals surface area contributed by atoms with E-state index in [4.69, 9.17) is 9.73 Å². The van der Waals surface area contributed by atoms with E-state index in [1.807, 2.05) is 6.92 Å². The Morgan fingerprint density at radius 1 is 1.18 bits per heavy atom. The van der Waals surface area contributed by atoms with Gasteiger partial charge in [-0.15, -0.1) is 0 Å². The molecule has 2 aromatic rings. The summed E-state index contributed by atoms with van der Waals surface area (Å²) in [5.41, 5.74) is 8.70. The molecule has 40 heavy (non-hydrogen) atoms. The first-order valence-corrected chi connectivity index (χ1v) is 13.4. The van der Waals surface area contributed by atoms with Crippen molar-refractivity contribution in [2.45, 2.75) is 26.0 Å². The molecule has 4 N–H and O–H groups in total. The zero-order valence-corrected chi connectivity index (χ0v) is 23.2. The summed E-state index contributed by atoms with van der Waals surface area (Å²) in [6, 6.07) is 8.31. The highest BCUT2D eigenvalue weighted by molar-refractivity contribution is 6.06. The van der Waals surface area contributed by atoms with Gasteiger partial charge in [0, 0.05) is 64.0 Å². The summed E-state index contributed by atoms with van der Waals surface area (Å²) in [5, 5.41) is 5.36. The summed E-state index contributed by atoms with van der Waals surface area (Å²) in [7, 11) is 3.62. The minimum Gasteiger partial charge on any atom is -0.357 e. The Bertz CT molecular complexity index is 1260. The van der Waals surface area contributed by atoms with E-state index in [0.29, 0.717) is 41.4 Å². The molecule has 3 heterocycles. The second-order valence-corrected chi connectivity index (χ2v) is 9.74. The lowest BCUT2D eigenvalue weighted by molar-refractivity contribution is -0.126. The summed E-state index contributed by atoms with van der Waals surface area (Å²) < 4.78 is 20.5. The molecule has 1 atom stereocenters. The standard InChI is InChI=1S/C28H37FN8O3/c1-4-19-5-6-22(29)21(15-19)23-17-24(28(35-34-23)40-18-27(39)30-2)32-20-7-9-31-25(16-20)33-26(38)8-10-37-13-11-36(3)12-14-37/h5-7,9,15-17,28,34-35H,4,8,10-14,18H2,1-3H3,(H,30,39)(H,31,33,38). The fraction of sp³-hybridized carbons (Fsp3) is 0.429. The number of anilines is 1. The number of hydrogen-bond acceptors (Lipinski definition) is 9. The summed E-state index contributed by atoms with van der Waals surface area (Å²) in [4.78, 5) is 37.9. The predicted octanol–water partition coefficient (Wildman–Crippen LogP) is 1.67. The third-order valence-electron chi connectivity index (χ3n) is 6.81. The molecule has 0 spiro atoms. The van der Waals surface area contributed by atoms with Crippen molar-refractivity contribution >= 4 is 34.7 Å². The number of carbonyl (C=O) groups excluding carboxylic acids is 2. The average molecular weight is 553 g/mol. The number of nitrogens with one attached hydrogen (secondary N) is 4. The van der Waals surface area contributed by atoms with Crippen LogP contribution in [-0.2, 0) is 20.7 Å². The molecule has 1 fully saturated rings. The molecule has 0 saturated carbocycles. The van der Waals surface area contributed by atoms with Crippen LogP contribution in [0.1, 0.15) is 24.5 Å². The Kier molecular flexibility index (Phi) is 10.3. The number of halogens is 1. The van der Waals surface area contributed by atoms with Crippen molar-refractivity contribution in [1.82, 2.24) is 31.0 Å². The second kappa shape index (κ2) is 14.1. The lowest BCUT2D eigenvalue weighted by Gasteiger charge is -2.32. The van der Waals surface area contributed by atoms with Crippen LogP contribution in [0.4, 0.5) is 15.9 Å². The number of likely N-dealkylation sites (N-methyl/N-ethyl adjacent to an activating group) is 2. The Morgan fingerprint density at radius 3 is 2.73 bits per heavy atom. The smallest absolute Gasteiger partial charge is 0.245 e. The van der Waals surface area contributed by atoms with Gasteiger partial charge in [0.25, 0.3) is 0 Å². The monoisotopic (exact) mass is 552 g/mol. The average Bonchev–Trinajstić information content (AvgIpc) is 2.96. The van der Waals surface area contributed by atoms with Gasteiger partial charge in [0.15, 0.2) is 6.23 Å². The van der Waals surface area contributed by atoms with Gasteiger partial charge in [-0.1, -0.05) is 13.0 Å². The quantitative estimate of drug-likeness (QED) is 0.351. The van der Waals surface area contributed by atoms with Gasteiger partial charge in [0.1, 0.15) is 18.2 Å². The van der Waals surface area contributed by atoms with E-state index in [9.17, 15) is 14.0 Å². The zero-order chi connectivity index (χ0) is 28.5. The molecule has 2 amide bonds. The molecular formula is C28H37FN8O3. The number of rotatable bonds is 10. The van der Waals surface area contributed by atoms with Crippen molar-refractivity contribution in [2.75, 3.05) is 58.7 Å². The van der Waals surface area contributed by atoms with Crippen molar-refractivity contribution < 1.29 is 18.7 Å². The van der Waals surface area contributed by atoms with Crippen molar-refractivity contribution in [3.05, 3.63) is 59.5 Å². The van der Waals surface area contributed by atoms with Gasteiger partial charge in [-0.2, -0.15) is 0 Å². The molecule has 2 aliphatic rings. The van der Waals surface area contributed by atoms with Gasteiger partial charge >= 0.3 is 0 Å². The third-order valence-corrected chi connectivity index (χ3v) is 6.81. The third kappa shape index (κ3) is 8.15. The number of pyridine rings is 1. The first-order valence-electron chi connectivity index (χ1n) is 13.4. The summed E-state index contributed by atoms with van der Waals surface area (Å²) in [6.45, 7) is 6.37. The molecule has 2 aliphatic heterocycles. The number of aryl methyl sites for hydroxylation is 1. The number of ether oxygens (including phenoxy) is 1. The molecule has 12 heteroatoms. The van der Waals surface area contributed by atoms with Crippen LogP contribution in [0, 0.1) is 5.82 Å². The highest BCUT2D eigenvalue weighted by atomic mass is 19.1. The van der Waals surface area contributed by atoms with Crippen LogP contribution >= 0.6 is 0 Å². The number of carbonyl (C=O) groups is 2. The van der Waals surface area contributed by atoms with Crippen LogP contribution in [0.3, 0.4) is 0 Å². The maximum absolute atomic E-state index is 14.7. The Labute approximate surface area is 233 Å². The number of nitrogens with zero attached hydrogens (tertiary/aromatic N) is 4. The zero-order valence-electron chi connectivity index (χ0n) is 23.2. The molecule has 1 aromatic heterocycles. The fourth-order valence-corrected chi connectivity index (χ4v) is 4.31. The summed E-state index contributed by atoms with van der Waals surface area (Å²) in [6.07, 6.45) is 3.56. The number of piperazine rings is 1. The van der Waals surface area contributed by atoms with Gasteiger partial charge in [-0.25, -0.2) is 19.8 Å². The minimum absolute atomic E-state index is 0.125. The van der Waals surface area contributed by atoms with Crippen LogP contribution in [0.15, 0.2) is 47.6 Å². The van der Waals surface area contributed by atoms with E-state index < -0.39 is 6.23 Å². The van der Waals surface area contributed by atoms with E-state index in [2.05, 4.69) is 43.3 Å². The number of benzene rings is 1. The van der Waals surface area contributed by atoms with Crippen LogP contribution in [0.25, 0.3) is 5.70 Å². The number of aromatic nitrogens is 1. The van der Waals surface area contributed by atoms with E-state index in [-0.39, 0.29) is 24.2 Å². The molecule has 0 aliphatic carbocycles. The van der Waals surface area contributed by atoms with Crippen LogP contribution < -0.4 is 21.5 Å². The Hall–Kier alpha value is -3.71. The Balaban J connectivity index is 1.51. The van der Waals surface area contributed by atoms with Crippen LogP contribution in [-0.4, -0.2) is 92.0 Å². The maximum Gasteiger partial charge on any atom is 0.245 e. The predicted molar refractivity (Wildman–Crippen MR) is 152 cm³/mol. The molecule has 1 aromatic carbocycles. The lowest BCUT2D eigenvalue weighted by atomic mass is 10.0. The van der Waals surface area contributed by atoms with E-state index >= 15 is 0 Å². The molecule has 1 unspecified atom stereocenters. The van der Waals surface area contributed by atoms with Crippen molar-refractivity contribution in [3.63, 3.8) is 0 Å². The number of hydrogen-bond donors (Lipinski definition) is 4. The van der Waals surface area contributed by atoms with E-state index in [1.165, 1.54) is 13.1 Å². The SMILES string of the molecule is CCc1ccc(F)c(C2=CC(=Nc3ccnc(NC(=O)CCN4CCN(C)CC4)c3)C(OCC(=O)NC)NN2)c1. The Morgan fingerprint density at radius 2 is 1.98 bits per heavy atom. The molecular weight excluding hydrogens is 515 g/mol. The minimum atomic E-state index is -0.798. The summed E-state index contributed by atoms with van der Waals surface area (Å²) in [5.74, 6) is -0.434.